The average molecular weight is 529 g/mol. The van der Waals surface area contributed by atoms with Crippen molar-refractivity contribution in [3.63, 3.8) is 0 Å². The number of allylic oxidation sites excluding steroid dienone is 1. The van der Waals surface area contributed by atoms with Crippen molar-refractivity contribution >= 4 is 34.2 Å². The molecule has 0 unspecified atom stereocenters. The maximum absolute atomic E-state index is 14.0. The highest BCUT2D eigenvalue weighted by molar-refractivity contribution is 7.07. The lowest BCUT2D eigenvalue weighted by atomic mass is 9.94. The lowest BCUT2D eigenvalue weighted by Gasteiger charge is -2.26. The largest absolute Gasteiger partial charge is 0.493 e. The summed E-state index contributed by atoms with van der Waals surface area (Å²) in [6.07, 6.45) is 1.89. The van der Waals surface area contributed by atoms with Crippen molar-refractivity contribution in [3.8, 4) is 11.5 Å². The minimum absolute atomic E-state index is 0.199. The molecule has 7 nitrogen and oxygen atoms in total. The minimum atomic E-state index is -0.795. The monoisotopic (exact) mass is 528 g/mol. The quantitative estimate of drug-likeness (QED) is 0.333. The number of carbonyl (C=O) groups is 1. The molecule has 8 heteroatoms. The van der Waals surface area contributed by atoms with Crippen molar-refractivity contribution < 1.29 is 19.0 Å². The van der Waals surface area contributed by atoms with E-state index < -0.39 is 12.0 Å². The number of nitrogens with zero attached hydrogens (tertiary/aromatic N) is 2. The van der Waals surface area contributed by atoms with E-state index in [1.807, 2.05) is 67.6 Å². The summed E-state index contributed by atoms with van der Waals surface area (Å²) in [6, 6.07) is 18.7. The van der Waals surface area contributed by atoms with Crippen LogP contribution in [0, 0.1) is 0 Å². The van der Waals surface area contributed by atoms with Crippen LogP contribution in [0.5, 0.6) is 11.5 Å². The molecule has 0 amide bonds. The molecule has 194 valence electrons. The zero-order valence-electron chi connectivity index (χ0n) is 21.7. The van der Waals surface area contributed by atoms with E-state index in [-0.39, 0.29) is 12.2 Å². The zero-order chi connectivity index (χ0) is 26.8. The molecule has 0 spiro atoms. The summed E-state index contributed by atoms with van der Waals surface area (Å²) >= 11 is 1.29. The Balaban J connectivity index is 1.79. The highest BCUT2D eigenvalue weighted by Crippen LogP contribution is 2.40. The molecule has 0 bridgehead atoms. The van der Waals surface area contributed by atoms with E-state index in [0.717, 1.165) is 16.3 Å². The van der Waals surface area contributed by atoms with E-state index in [1.54, 1.807) is 31.6 Å². The number of aromatic nitrogens is 1. The fourth-order valence-corrected chi connectivity index (χ4v) is 5.85. The summed E-state index contributed by atoms with van der Waals surface area (Å²) < 4.78 is 19.1. The van der Waals surface area contributed by atoms with Gasteiger partial charge in [-0.2, -0.15) is 0 Å². The van der Waals surface area contributed by atoms with Crippen LogP contribution in [0.15, 0.2) is 81.7 Å². The van der Waals surface area contributed by atoms with Crippen LogP contribution in [0.2, 0.25) is 0 Å². The van der Waals surface area contributed by atoms with Gasteiger partial charge in [-0.25, -0.2) is 9.79 Å². The third-order valence-electron chi connectivity index (χ3n) is 6.44. The van der Waals surface area contributed by atoms with Crippen molar-refractivity contribution in [2.45, 2.75) is 26.8 Å². The lowest BCUT2D eigenvalue weighted by Crippen LogP contribution is -2.40. The SMILES string of the molecule is CCOC(=O)C1=C(C)N=c2s/c(=C/c3cccc4ccccc34)c(=O)n2[C@@H]1c1cccc(OC)c1OCC. The minimum Gasteiger partial charge on any atom is -0.493 e. The molecule has 1 aliphatic rings. The van der Waals surface area contributed by atoms with E-state index in [4.69, 9.17) is 14.2 Å². The normalized spacial score (nSPS) is 15.3. The first-order valence-corrected chi connectivity index (χ1v) is 13.3. The predicted octanol–water partition coefficient (Wildman–Crippen LogP) is 4.36. The van der Waals surface area contributed by atoms with Crippen LogP contribution in [0.4, 0.5) is 0 Å². The van der Waals surface area contributed by atoms with Gasteiger partial charge in [0.05, 0.1) is 36.1 Å². The van der Waals surface area contributed by atoms with Gasteiger partial charge in [0.15, 0.2) is 16.3 Å². The number of esters is 1. The molecule has 1 atom stereocenters. The van der Waals surface area contributed by atoms with E-state index in [0.29, 0.717) is 44.3 Å². The molecule has 38 heavy (non-hydrogen) atoms. The predicted molar refractivity (Wildman–Crippen MR) is 149 cm³/mol. The summed E-state index contributed by atoms with van der Waals surface area (Å²) in [5, 5.41) is 2.14. The Labute approximate surface area is 223 Å². The molecule has 3 aromatic carbocycles. The standard InChI is InChI=1S/C30H28N2O5S/c1-5-36-27-22(15-10-16-23(27)35-4)26-25(29(34)37-6-2)18(3)31-30-32(26)28(33)24(38-30)17-20-13-9-12-19-11-7-8-14-21(19)20/h7-17,26H,5-6H2,1-4H3/b24-17+/t26-/m1/s1. The third-order valence-corrected chi connectivity index (χ3v) is 7.42. The summed E-state index contributed by atoms with van der Waals surface area (Å²) in [7, 11) is 1.56. The Morgan fingerprint density at radius 3 is 2.58 bits per heavy atom. The molecule has 5 rings (SSSR count). The molecule has 0 fully saturated rings. The first kappa shape index (κ1) is 25.5. The van der Waals surface area contributed by atoms with Crippen molar-refractivity contribution in [3.05, 3.63) is 103 Å². The summed E-state index contributed by atoms with van der Waals surface area (Å²) in [4.78, 5) is 32.5. The van der Waals surface area contributed by atoms with Gasteiger partial charge in [0.1, 0.15) is 6.04 Å². The fraction of sp³-hybridized carbons (Fsp3) is 0.233. The lowest BCUT2D eigenvalue weighted by molar-refractivity contribution is -0.139. The van der Waals surface area contributed by atoms with Crippen LogP contribution >= 0.6 is 11.3 Å². The Morgan fingerprint density at radius 1 is 1.05 bits per heavy atom. The number of hydrogen-bond acceptors (Lipinski definition) is 7. The van der Waals surface area contributed by atoms with E-state index >= 15 is 0 Å². The molecule has 4 aromatic rings. The Morgan fingerprint density at radius 2 is 1.82 bits per heavy atom. The number of ether oxygens (including phenoxy) is 3. The summed E-state index contributed by atoms with van der Waals surface area (Å²) in [5.41, 5.74) is 2.11. The van der Waals surface area contributed by atoms with Crippen molar-refractivity contribution in [1.82, 2.24) is 4.57 Å². The molecule has 0 saturated carbocycles. The number of rotatable bonds is 7. The Bertz CT molecular complexity index is 1740. The van der Waals surface area contributed by atoms with Crippen molar-refractivity contribution in [1.29, 1.82) is 0 Å². The Hall–Kier alpha value is -4.17. The van der Waals surface area contributed by atoms with Gasteiger partial charge in [0.2, 0.25) is 0 Å². The first-order valence-electron chi connectivity index (χ1n) is 12.5. The summed E-state index contributed by atoms with van der Waals surface area (Å²) in [6.45, 7) is 5.97. The molecule has 0 saturated heterocycles. The maximum atomic E-state index is 14.0. The molecule has 1 aliphatic heterocycles. The number of hydrogen-bond donors (Lipinski definition) is 0. The average Bonchev–Trinajstić information content (AvgIpc) is 3.22. The first-order chi connectivity index (χ1) is 18.5. The second kappa shape index (κ2) is 10.7. The second-order valence-corrected chi connectivity index (χ2v) is 9.69. The van der Waals surface area contributed by atoms with E-state index in [2.05, 4.69) is 4.99 Å². The third kappa shape index (κ3) is 4.41. The number of fused-ring (bicyclic) bond motifs is 2. The second-order valence-electron chi connectivity index (χ2n) is 8.68. The van der Waals surface area contributed by atoms with Crippen LogP contribution in [-0.2, 0) is 9.53 Å². The molecular weight excluding hydrogens is 500 g/mol. The smallest absolute Gasteiger partial charge is 0.338 e. The maximum Gasteiger partial charge on any atom is 0.338 e. The molecular formula is C30H28N2O5S. The van der Waals surface area contributed by atoms with Gasteiger partial charge < -0.3 is 14.2 Å². The van der Waals surface area contributed by atoms with Crippen LogP contribution in [0.1, 0.15) is 37.9 Å². The number of methoxy groups -OCH3 is 1. The molecule has 0 N–H and O–H groups in total. The Kier molecular flexibility index (Phi) is 7.15. The van der Waals surface area contributed by atoms with E-state index in [9.17, 15) is 9.59 Å². The van der Waals surface area contributed by atoms with E-state index in [1.165, 1.54) is 11.3 Å². The van der Waals surface area contributed by atoms with Crippen LogP contribution in [0.3, 0.4) is 0 Å². The molecule has 0 aliphatic carbocycles. The van der Waals surface area contributed by atoms with Gasteiger partial charge in [0, 0.05) is 5.56 Å². The molecule has 0 radical (unpaired) electrons. The van der Waals surface area contributed by atoms with Gasteiger partial charge in [-0.3, -0.25) is 9.36 Å². The number of carbonyl (C=O) groups excluding carboxylic acids is 1. The van der Waals surface area contributed by atoms with Crippen molar-refractivity contribution in [2.24, 2.45) is 4.99 Å². The van der Waals surface area contributed by atoms with Gasteiger partial charge >= 0.3 is 5.97 Å². The van der Waals surface area contributed by atoms with Crippen molar-refractivity contribution in [2.75, 3.05) is 20.3 Å². The highest BCUT2D eigenvalue weighted by atomic mass is 32.1. The van der Waals surface area contributed by atoms with Crippen LogP contribution < -0.4 is 24.4 Å². The van der Waals surface area contributed by atoms with Gasteiger partial charge in [-0.15, -0.1) is 0 Å². The van der Waals surface area contributed by atoms with Gasteiger partial charge in [-0.1, -0.05) is 65.9 Å². The highest BCUT2D eigenvalue weighted by Gasteiger charge is 2.36. The fourth-order valence-electron chi connectivity index (χ4n) is 4.81. The molecule has 2 heterocycles. The number of benzene rings is 3. The van der Waals surface area contributed by atoms with Gasteiger partial charge in [-0.05, 0) is 49.2 Å². The van der Waals surface area contributed by atoms with Crippen LogP contribution in [-0.4, -0.2) is 30.9 Å². The van der Waals surface area contributed by atoms with Crippen LogP contribution in [0.25, 0.3) is 16.8 Å². The zero-order valence-corrected chi connectivity index (χ0v) is 22.5. The number of para-hydroxylation sites is 1. The molecule has 1 aromatic heterocycles. The van der Waals surface area contributed by atoms with Gasteiger partial charge in [0.25, 0.3) is 5.56 Å². The topological polar surface area (TPSA) is 79.1 Å². The number of thiazole rings is 1. The summed E-state index contributed by atoms with van der Waals surface area (Å²) in [5.74, 6) is 0.468.